The van der Waals surface area contributed by atoms with E-state index in [2.05, 4.69) is 24.5 Å². The summed E-state index contributed by atoms with van der Waals surface area (Å²) in [5, 5.41) is 6.50. The summed E-state index contributed by atoms with van der Waals surface area (Å²) >= 11 is 0. The molecule has 0 unspecified atom stereocenters. The van der Waals surface area contributed by atoms with Gasteiger partial charge < -0.3 is 4.74 Å². The molecule has 0 amide bonds. The Labute approximate surface area is 43.3 Å². The van der Waals surface area contributed by atoms with Crippen LogP contribution in [0.25, 0.3) is 0 Å². The molecule has 0 spiro atoms. The van der Waals surface area contributed by atoms with Crippen molar-refractivity contribution in [2.24, 2.45) is 0 Å². The average Bonchev–Trinajstić information content (AvgIpc) is 1.75. The minimum Gasteiger partial charge on any atom is -0.474 e. The second kappa shape index (κ2) is 21.6. The Balaban J connectivity index is 0. The lowest BCUT2D eigenvalue weighted by molar-refractivity contribution is 0.406. The molecule has 0 aromatic heterocycles. The molecule has 2 heteroatoms. The first-order valence-corrected chi connectivity index (χ1v) is 1.55. The van der Waals surface area contributed by atoms with Gasteiger partial charge in [0.1, 0.15) is 0 Å². The van der Waals surface area contributed by atoms with Crippen LogP contribution in [-0.4, -0.2) is 0 Å². The molecule has 38 valence electrons. The fourth-order valence-electron chi connectivity index (χ4n) is 0.0680. The highest BCUT2D eigenvalue weighted by atomic mass is 16.5. The van der Waals surface area contributed by atoms with Crippen LogP contribution >= 0.6 is 0 Å². The molecule has 0 rings (SSSR count). The first-order valence-electron chi connectivity index (χ1n) is 1.55. The van der Waals surface area contributed by atoms with E-state index in [1.54, 1.807) is 0 Å². The summed E-state index contributed by atoms with van der Waals surface area (Å²) in [5.74, 6) is 0. The van der Waals surface area contributed by atoms with Gasteiger partial charge in [-0.25, -0.2) is 5.26 Å². The molecule has 0 aliphatic rings. The lowest BCUT2D eigenvalue weighted by Crippen LogP contribution is -1.52. The van der Waals surface area contributed by atoms with Crippen LogP contribution in [0.3, 0.4) is 0 Å². The Morgan fingerprint density at radius 2 is 1.57 bits per heavy atom. The fourth-order valence-corrected chi connectivity index (χ4v) is 0.0680. The number of nitrogens with zero attached hydrogens (tertiary/aromatic N) is 1. The van der Waals surface area contributed by atoms with Gasteiger partial charge in [0, 0.05) is 6.57 Å². The molecule has 0 aromatic rings. The zero-order chi connectivity index (χ0) is 6.12. The van der Waals surface area contributed by atoms with Crippen LogP contribution < -0.4 is 0 Å². The molecule has 0 N–H and O–H groups in total. The molecular formula is C5H7NO. The summed E-state index contributed by atoms with van der Waals surface area (Å²) in [6.07, 6.45) is 2.62. The molecule has 0 saturated heterocycles. The third kappa shape index (κ3) is 61.7. The van der Waals surface area contributed by atoms with Crippen LogP contribution in [0.5, 0.6) is 0 Å². The van der Waals surface area contributed by atoms with Crippen molar-refractivity contribution < 1.29 is 4.74 Å². The van der Waals surface area contributed by atoms with Gasteiger partial charge in [0.25, 0.3) is 0 Å². The predicted octanol–water partition coefficient (Wildman–Crippen LogP) is 1.43. The molecule has 0 aromatic carbocycles. The standard InChI is InChI=1S/C4H6O.CHN/c1-3-5-4-2;1-2/h3-4H,1-2H2;1H. The maximum Gasteiger partial charge on any atom is 0.0829 e. The summed E-state index contributed by atoms with van der Waals surface area (Å²) in [6, 6.07) is 0. The number of hydrogen-bond acceptors (Lipinski definition) is 2. The van der Waals surface area contributed by atoms with E-state index in [1.165, 1.54) is 12.5 Å². The Kier molecular flexibility index (Phi) is 28.6. The third-order valence-corrected chi connectivity index (χ3v) is 0.192. The van der Waals surface area contributed by atoms with E-state index in [9.17, 15) is 0 Å². The smallest absolute Gasteiger partial charge is 0.0829 e. The van der Waals surface area contributed by atoms with Crippen molar-refractivity contribution in [3.8, 4) is 6.57 Å². The fraction of sp³-hybridized carbons (Fsp3) is 0. The van der Waals surface area contributed by atoms with Crippen molar-refractivity contribution in [3.63, 3.8) is 0 Å². The lowest BCUT2D eigenvalue weighted by Gasteiger charge is -1.76. The minimum absolute atomic E-state index is 1.31. The topological polar surface area (TPSA) is 33.0 Å². The van der Waals surface area contributed by atoms with E-state index in [4.69, 9.17) is 5.26 Å². The average molecular weight is 97.1 g/mol. The predicted molar refractivity (Wildman–Crippen MR) is 28.1 cm³/mol. The molecular weight excluding hydrogens is 90.1 g/mol. The van der Waals surface area contributed by atoms with Crippen molar-refractivity contribution >= 4 is 0 Å². The van der Waals surface area contributed by atoms with Gasteiger partial charge in [0.2, 0.25) is 0 Å². The maximum atomic E-state index is 6.50. The third-order valence-electron chi connectivity index (χ3n) is 0.192. The van der Waals surface area contributed by atoms with Crippen molar-refractivity contribution in [2.75, 3.05) is 0 Å². The molecule has 0 bridgehead atoms. The van der Waals surface area contributed by atoms with E-state index < -0.39 is 0 Å². The highest BCUT2D eigenvalue weighted by Gasteiger charge is 1.45. The first-order chi connectivity index (χ1) is 3.41. The second-order valence-corrected chi connectivity index (χ2v) is 0.469. The van der Waals surface area contributed by atoms with E-state index in [0.717, 1.165) is 0 Å². The highest BCUT2D eigenvalue weighted by molar-refractivity contribution is 4.57. The molecule has 0 fully saturated rings. The van der Waals surface area contributed by atoms with Crippen LogP contribution in [0, 0.1) is 11.8 Å². The molecule has 0 saturated carbocycles. The Bertz CT molecular complexity index is 59.7. The Morgan fingerprint density at radius 3 is 1.57 bits per heavy atom. The number of hydrogen-bond donors (Lipinski definition) is 0. The van der Waals surface area contributed by atoms with E-state index in [-0.39, 0.29) is 0 Å². The van der Waals surface area contributed by atoms with Gasteiger partial charge in [0.05, 0.1) is 12.5 Å². The summed E-state index contributed by atoms with van der Waals surface area (Å²) in [6.45, 7) is 10.0. The van der Waals surface area contributed by atoms with Gasteiger partial charge in [-0.3, -0.25) is 0 Å². The number of ether oxygens (including phenoxy) is 1. The van der Waals surface area contributed by atoms with E-state index in [0.29, 0.717) is 0 Å². The highest BCUT2D eigenvalue weighted by Crippen LogP contribution is 1.65. The van der Waals surface area contributed by atoms with Crippen molar-refractivity contribution in [1.82, 2.24) is 0 Å². The molecule has 0 heterocycles. The van der Waals surface area contributed by atoms with Crippen LogP contribution in [0.4, 0.5) is 0 Å². The van der Waals surface area contributed by atoms with E-state index >= 15 is 0 Å². The monoisotopic (exact) mass is 97.1 g/mol. The minimum atomic E-state index is 1.31. The van der Waals surface area contributed by atoms with Crippen LogP contribution in [-0.2, 0) is 4.74 Å². The second-order valence-electron chi connectivity index (χ2n) is 0.469. The summed E-state index contributed by atoms with van der Waals surface area (Å²) in [4.78, 5) is 0. The van der Waals surface area contributed by atoms with Crippen molar-refractivity contribution in [2.45, 2.75) is 0 Å². The Hall–Kier alpha value is -1.23. The number of nitriles is 1. The van der Waals surface area contributed by atoms with Crippen LogP contribution in [0.15, 0.2) is 25.7 Å². The van der Waals surface area contributed by atoms with Crippen LogP contribution in [0.2, 0.25) is 0 Å². The van der Waals surface area contributed by atoms with Gasteiger partial charge in [-0.15, -0.1) is 0 Å². The zero-order valence-electron chi connectivity index (χ0n) is 4.00. The molecule has 0 radical (unpaired) electrons. The molecule has 0 atom stereocenters. The molecule has 2 nitrogen and oxygen atoms in total. The largest absolute Gasteiger partial charge is 0.474 e. The van der Waals surface area contributed by atoms with Gasteiger partial charge in [-0.1, -0.05) is 13.2 Å². The van der Waals surface area contributed by atoms with Crippen molar-refractivity contribution in [1.29, 1.82) is 5.26 Å². The van der Waals surface area contributed by atoms with Gasteiger partial charge in [-0.05, 0) is 0 Å². The summed E-state index contributed by atoms with van der Waals surface area (Å²) < 4.78 is 4.36. The quantitative estimate of drug-likeness (QED) is 0.488. The molecule has 7 heavy (non-hydrogen) atoms. The maximum absolute atomic E-state index is 6.50. The van der Waals surface area contributed by atoms with Gasteiger partial charge >= 0.3 is 0 Å². The van der Waals surface area contributed by atoms with Gasteiger partial charge in [0.15, 0.2) is 0 Å². The normalized spacial score (nSPS) is 4.29. The SMILES string of the molecule is C#N.C=COC=C. The van der Waals surface area contributed by atoms with Crippen molar-refractivity contribution in [3.05, 3.63) is 25.7 Å². The summed E-state index contributed by atoms with van der Waals surface area (Å²) in [5.41, 5.74) is 0. The number of rotatable bonds is 2. The molecule has 0 aliphatic heterocycles. The van der Waals surface area contributed by atoms with Crippen LogP contribution in [0.1, 0.15) is 0 Å². The van der Waals surface area contributed by atoms with E-state index in [1.807, 2.05) is 0 Å². The van der Waals surface area contributed by atoms with Gasteiger partial charge in [-0.2, -0.15) is 0 Å². The lowest BCUT2D eigenvalue weighted by atomic mass is 11.1. The Morgan fingerprint density at radius 1 is 1.29 bits per heavy atom. The zero-order valence-corrected chi connectivity index (χ0v) is 4.00. The first kappa shape index (κ1) is 9.24. The molecule has 0 aliphatic carbocycles. The summed E-state index contributed by atoms with van der Waals surface area (Å²) in [7, 11) is 0.